The average Bonchev–Trinajstić information content (AvgIpc) is 2.78. The van der Waals surface area contributed by atoms with Gasteiger partial charge in [-0.3, -0.25) is 0 Å². The van der Waals surface area contributed by atoms with Gasteiger partial charge < -0.3 is 0 Å². The number of rotatable bonds is 9. The minimum Gasteiger partial charge on any atom is -0.208 e. The molecule has 0 aliphatic carbocycles. The molecule has 0 amide bonds. The molecule has 3 nitrogen and oxygen atoms in total. The fourth-order valence-electron chi connectivity index (χ4n) is 2.87. The van der Waals surface area contributed by atoms with E-state index >= 15 is 0 Å². The first-order valence-electron chi connectivity index (χ1n) is 9.78. The summed E-state index contributed by atoms with van der Waals surface area (Å²) in [5, 5.41) is 0. The fourth-order valence-corrected chi connectivity index (χ4v) is 3.36. The van der Waals surface area contributed by atoms with Crippen molar-refractivity contribution < 1.29 is 0 Å². The van der Waals surface area contributed by atoms with E-state index in [2.05, 4.69) is 47.2 Å². The SMILES string of the molecule is C=C/C=C\C(=C/C)c1nc(/C(C=C)=C/C)nc(-c2cc(Br)cc(/C(C=C)=C/C=C)c2)n1. The second-order valence-electron chi connectivity index (χ2n) is 6.38. The van der Waals surface area contributed by atoms with E-state index < -0.39 is 0 Å². The lowest BCUT2D eigenvalue weighted by Gasteiger charge is -2.11. The molecule has 2 rings (SSSR count). The van der Waals surface area contributed by atoms with Gasteiger partial charge in [0.05, 0.1) is 0 Å². The zero-order valence-corrected chi connectivity index (χ0v) is 19.6. The number of hydrogen-bond acceptors (Lipinski definition) is 3. The van der Waals surface area contributed by atoms with E-state index in [0.717, 1.165) is 32.3 Å². The van der Waals surface area contributed by atoms with E-state index in [1.807, 2.05) is 62.4 Å². The van der Waals surface area contributed by atoms with Gasteiger partial charge in [0, 0.05) is 21.2 Å². The van der Waals surface area contributed by atoms with E-state index in [0.29, 0.717) is 17.5 Å². The highest BCUT2D eigenvalue weighted by Gasteiger charge is 2.14. The Morgan fingerprint density at radius 3 is 2.00 bits per heavy atom. The van der Waals surface area contributed by atoms with Gasteiger partial charge >= 0.3 is 0 Å². The van der Waals surface area contributed by atoms with E-state index in [1.54, 1.807) is 24.3 Å². The Morgan fingerprint density at radius 2 is 1.45 bits per heavy atom. The van der Waals surface area contributed by atoms with Crippen molar-refractivity contribution in [3.63, 3.8) is 0 Å². The summed E-state index contributed by atoms with van der Waals surface area (Å²) in [6, 6.07) is 6.04. The summed E-state index contributed by atoms with van der Waals surface area (Å²) in [5.74, 6) is 1.71. The van der Waals surface area contributed by atoms with Crippen molar-refractivity contribution in [3.8, 4) is 11.4 Å². The summed E-state index contributed by atoms with van der Waals surface area (Å²) >= 11 is 3.61. The van der Waals surface area contributed by atoms with Gasteiger partial charge in [-0.15, -0.1) is 0 Å². The van der Waals surface area contributed by atoms with Crippen molar-refractivity contribution in [3.05, 3.63) is 121 Å². The van der Waals surface area contributed by atoms with Gasteiger partial charge in [0.25, 0.3) is 0 Å². The lowest BCUT2D eigenvalue weighted by molar-refractivity contribution is 1.00. The van der Waals surface area contributed by atoms with Crippen molar-refractivity contribution >= 4 is 32.6 Å². The number of benzene rings is 1. The maximum atomic E-state index is 4.77. The monoisotopic (exact) mass is 471 g/mol. The smallest absolute Gasteiger partial charge is 0.164 e. The summed E-state index contributed by atoms with van der Waals surface area (Å²) in [6.07, 6.45) is 16.6. The van der Waals surface area contributed by atoms with Crippen LogP contribution >= 0.6 is 15.9 Å². The van der Waals surface area contributed by atoms with Crippen molar-refractivity contribution in [2.45, 2.75) is 13.8 Å². The zero-order chi connectivity index (χ0) is 22.8. The van der Waals surface area contributed by atoms with Crippen molar-refractivity contribution in [2.75, 3.05) is 0 Å². The molecule has 0 saturated carbocycles. The van der Waals surface area contributed by atoms with Crippen LogP contribution in [-0.4, -0.2) is 15.0 Å². The van der Waals surface area contributed by atoms with E-state index in [1.165, 1.54) is 0 Å². The summed E-state index contributed by atoms with van der Waals surface area (Å²) in [5.41, 5.74) is 4.50. The number of nitrogens with zero attached hydrogens (tertiary/aromatic N) is 3. The van der Waals surface area contributed by atoms with Gasteiger partial charge in [-0.25, -0.2) is 15.0 Å². The first kappa shape index (κ1) is 23.9. The number of aromatic nitrogens is 3. The molecule has 0 radical (unpaired) electrons. The number of hydrogen-bond donors (Lipinski definition) is 0. The van der Waals surface area contributed by atoms with E-state index in [9.17, 15) is 0 Å². The highest BCUT2D eigenvalue weighted by Crippen LogP contribution is 2.29. The van der Waals surface area contributed by atoms with E-state index in [-0.39, 0.29) is 0 Å². The topological polar surface area (TPSA) is 38.7 Å². The van der Waals surface area contributed by atoms with E-state index in [4.69, 9.17) is 9.97 Å². The quantitative estimate of drug-likeness (QED) is 0.350. The third-order valence-corrected chi connectivity index (χ3v) is 4.87. The highest BCUT2D eigenvalue weighted by molar-refractivity contribution is 9.10. The minimum absolute atomic E-state index is 0.566. The molecule has 0 saturated heterocycles. The standard InChI is InChI=1S/C27H26BrN3/c1-7-13-15-21(12-6)26-29-25(19(9-3)10-4)30-27(31-26)23-16-22(17-24(28)18-23)20(11-5)14-8-2/h7-18H,1-3,5H2,4,6H3/b15-13-,19-10+,20-14+,21-12+. The van der Waals surface area contributed by atoms with Gasteiger partial charge in [-0.2, -0.15) is 0 Å². The minimum atomic E-state index is 0.566. The van der Waals surface area contributed by atoms with Crippen LogP contribution in [0, 0.1) is 0 Å². The summed E-state index contributed by atoms with van der Waals surface area (Å²) in [7, 11) is 0. The summed E-state index contributed by atoms with van der Waals surface area (Å²) in [6.45, 7) is 19.2. The average molecular weight is 472 g/mol. The first-order chi connectivity index (χ1) is 15.0. The Hall–Kier alpha value is -3.37. The van der Waals surface area contributed by atoms with Crippen LogP contribution in [0.15, 0.2) is 104 Å². The van der Waals surface area contributed by atoms with Gasteiger partial charge in [0.2, 0.25) is 0 Å². The molecule has 0 spiro atoms. The normalized spacial score (nSPS) is 12.7. The molecule has 0 aliphatic heterocycles. The Labute approximate surface area is 193 Å². The molecule has 0 atom stereocenters. The number of allylic oxidation sites excluding steroid dienone is 12. The largest absolute Gasteiger partial charge is 0.208 e. The second kappa shape index (κ2) is 11.7. The third-order valence-electron chi connectivity index (χ3n) is 4.41. The molecule has 31 heavy (non-hydrogen) atoms. The van der Waals surface area contributed by atoms with Crippen molar-refractivity contribution in [1.29, 1.82) is 0 Å². The van der Waals surface area contributed by atoms with Crippen LogP contribution in [0.3, 0.4) is 0 Å². The second-order valence-corrected chi connectivity index (χ2v) is 7.30. The zero-order valence-electron chi connectivity index (χ0n) is 18.0. The fraction of sp³-hybridized carbons (Fsp3) is 0.0741. The predicted molar refractivity (Wildman–Crippen MR) is 138 cm³/mol. The molecular weight excluding hydrogens is 446 g/mol. The van der Waals surface area contributed by atoms with Gasteiger partial charge in [-0.1, -0.05) is 96.9 Å². The molecular formula is C27H26BrN3. The Morgan fingerprint density at radius 1 is 0.806 bits per heavy atom. The van der Waals surface area contributed by atoms with Crippen molar-refractivity contribution in [1.82, 2.24) is 15.0 Å². The lowest BCUT2D eigenvalue weighted by Crippen LogP contribution is -2.04. The van der Waals surface area contributed by atoms with Gasteiger partial charge in [0.15, 0.2) is 17.5 Å². The molecule has 1 aromatic heterocycles. The van der Waals surface area contributed by atoms with Crippen molar-refractivity contribution in [2.24, 2.45) is 0 Å². The Bertz CT molecular complexity index is 1130. The van der Waals surface area contributed by atoms with Gasteiger partial charge in [-0.05, 0) is 43.2 Å². The van der Waals surface area contributed by atoms with Crippen LogP contribution in [0.25, 0.3) is 28.1 Å². The molecule has 156 valence electrons. The first-order valence-corrected chi connectivity index (χ1v) is 10.6. The molecule has 0 N–H and O–H groups in total. The van der Waals surface area contributed by atoms with Crippen LogP contribution in [-0.2, 0) is 0 Å². The molecule has 0 aliphatic rings. The van der Waals surface area contributed by atoms with Crippen LogP contribution in [0.1, 0.15) is 31.1 Å². The number of halogens is 1. The third kappa shape index (κ3) is 6.06. The maximum Gasteiger partial charge on any atom is 0.164 e. The summed E-state index contributed by atoms with van der Waals surface area (Å²) < 4.78 is 0.910. The summed E-state index contributed by atoms with van der Waals surface area (Å²) in [4.78, 5) is 14.2. The Kier molecular flexibility index (Phi) is 9.04. The molecule has 1 heterocycles. The van der Waals surface area contributed by atoms with Crippen LogP contribution in [0.2, 0.25) is 0 Å². The molecule has 0 bridgehead atoms. The maximum absolute atomic E-state index is 4.77. The van der Waals surface area contributed by atoms with Crippen LogP contribution in [0.4, 0.5) is 0 Å². The van der Waals surface area contributed by atoms with Crippen LogP contribution in [0.5, 0.6) is 0 Å². The Balaban J connectivity index is 2.80. The molecule has 1 aromatic carbocycles. The highest BCUT2D eigenvalue weighted by atomic mass is 79.9. The lowest BCUT2D eigenvalue weighted by atomic mass is 10.0. The molecule has 0 unspecified atom stereocenters. The van der Waals surface area contributed by atoms with Gasteiger partial charge in [0.1, 0.15) is 0 Å². The molecule has 2 aromatic rings. The molecule has 4 heteroatoms. The predicted octanol–water partition coefficient (Wildman–Crippen LogP) is 7.79. The molecule has 0 fully saturated rings. The van der Waals surface area contributed by atoms with Crippen LogP contribution < -0.4 is 0 Å².